The summed E-state index contributed by atoms with van der Waals surface area (Å²) in [6, 6.07) is 18.7. The summed E-state index contributed by atoms with van der Waals surface area (Å²) in [7, 11) is 0. The molecule has 0 amide bonds. The molecular formula is C35H37IrN2O2S-. The van der Waals surface area contributed by atoms with Crippen molar-refractivity contribution >= 4 is 38.1 Å². The van der Waals surface area contributed by atoms with Crippen LogP contribution in [0.5, 0.6) is 0 Å². The van der Waals surface area contributed by atoms with E-state index in [4.69, 9.17) is 6.48 Å². The van der Waals surface area contributed by atoms with Crippen LogP contribution in [0.4, 0.5) is 0 Å². The third-order valence-corrected chi connectivity index (χ3v) is 8.11. The Morgan fingerprint density at radius 3 is 2.22 bits per heavy atom. The largest absolute Gasteiger partial charge is 0.512 e. The Balaban J connectivity index is 0.000000541. The molecule has 3 aromatic carbocycles. The smallest absolute Gasteiger partial charge is 0.155 e. The average molecular weight is 743 g/mol. The molecule has 0 bridgehead atoms. The van der Waals surface area contributed by atoms with Crippen molar-refractivity contribution in [3.63, 3.8) is 0 Å². The zero-order chi connectivity index (χ0) is 30.2. The second-order valence-corrected chi connectivity index (χ2v) is 12.5. The van der Waals surface area contributed by atoms with Crippen molar-refractivity contribution < 1.29 is 31.4 Å². The van der Waals surface area contributed by atoms with Crippen molar-refractivity contribution in [2.45, 2.75) is 67.7 Å². The predicted molar refractivity (Wildman–Crippen MR) is 169 cm³/mol. The van der Waals surface area contributed by atoms with Crippen LogP contribution >= 0.6 is 11.3 Å². The number of thiophene rings is 1. The molecule has 2 aromatic heterocycles. The second kappa shape index (κ2) is 12.8. The zero-order valence-corrected chi connectivity index (χ0v) is 28.3. The van der Waals surface area contributed by atoms with E-state index in [2.05, 4.69) is 107 Å². The van der Waals surface area contributed by atoms with Gasteiger partial charge in [0.2, 0.25) is 0 Å². The van der Waals surface area contributed by atoms with Crippen molar-refractivity contribution in [1.82, 2.24) is 9.97 Å². The maximum Gasteiger partial charge on any atom is 0.155 e. The van der Waals surface area contributed by atoms with Gasteiger partial charge in [-0.1, -0.05) is 67.6 Å². The number of hydrogen-bond donors (Lipinski definition) is 1. The van der Waals surface area contributed by atoms with E-state index in [1.54, 1.807) is 11.3 Å². The molecule has 0 saturated heterocycles. The summed E-state index contributed by atoms with van der Waals surface area (Å²) < 4.78 is 9.42. The fourth-order valence-corrected chi connectivity index (χ4v) is 6.63. The Kier molecular flexibility index (Phi) is 9.58. The average Bonchev–Trinajstić information content (AvgIpc) is 3.17. The van der Waals surface area contributed by atoms with Gasteiger partial charge in [0, 0.05) is 41.5 Å². The molecule has 0 aliphatic heterocycles. The summed E-state index contributed by atoms with van der Waals surface area (Å²) in [6.07, 6.45) is 1.21. The van der Waals surface area contributed by atoms with Crippen LogP contribution in [0.2, 0.25) is 0 Å². The van der Waals surface area contributed by atoms with Crippen LogP contribution in [0, 0.1) is 33.8 Å². The summed E-state index contributed by atoms with van der Waals surface area (Å²) >= 11 is 1.73. The number of fused-ring (bicyclic) bond motifs is 2. The van der Waals surface area contributed by atoms with Gasteiger partial charge in [-0.2, -0.15) is 0 Å². The molecule has 215 valence electrons. The Morgan fingerprint density at radius 2 is 1.66 bits per heavy atom. The summed E-state index contributed by atoms with van der Waals surface area (Å²) in [5.41, 5.74) is 9.99. The molecule has 0 saturated carbocycles. The Labute approximate surface area is 262 Å². The van der Waals surface area contributed by atoms with Gasteiger partial charge in [-0.15, -0.1) is 40.5 Å². The van der Waals surface area contributed by atoms with Gasteiger partial charge in [-0.05, 0) is 69.2 Å². The minimum Gasteiger partial charge on any atom is -0.512 e. The molecule has 6 heteroatoms. The van der Waals surface area contributed by atoms with Crippen molar-refractivity contribution in [2.24, 2.45) is 0 Å². The summed E-state index contributed by atoms with van der Waals surface area (Å²) in [5.74, 6) is -0.0625. The van der Waals surface area contributed by atoms with Crippen molar-refractivity contribution in [1.29, 1.82) is 0 Å². The fourth-order valence-electron chi connectivity index (χ4n) is 5.21. The first-order chi connectivity index (χ1) is 19.2. The maximum absolute atomic E-state index is 10.0. The molecule has 5 aromatic rings. The molecule has 0 atom stereocenters. The van der Waals surface area contributed by atoms with E-state index in [9.17, 15) is 4.79 Å². The molecule has 0 fully saturated rings. The van der Waals surface area contributed by atoms with Gasteiger partial charge >= 0.3 is 0 Å². The van der Waals surface area contributed by atoms with Crippen molar-refractivity contribution in [3.8, 4) is 21.7 Å². The summed E-state index contributed by atoms with van der Waals surface area (Å²) in [6.45, 7) is 18.2. The van der Waals surface area contributed by atoms with Gasteiger partial charge < -0.3 is 5.11 Å². The minimum atomic E-state index is -0.125. The van der Waals surface area contributed by atoms with Crippen LogP contribution in [0.15, 0.2) is 60.6 Å². The molecule has 1 radical (unpaired) electrons. The third kappa shape index (κ3) is 7.01. The van der Waals surface area contributed by atoms with Gasteiger partial charge in [0.25, 0.3) is 0 Å². The first kappa shape index (κ1) is 30.8. The monoisotopic (exact) mass is 743 g/mol. The number of hydrogen-bond acceptors (Lipinski definition) is 5. The number of aromatic nitrogens is 2. The van der Waals surface area contributed by atoms with E-state index in [-0.39, 0.29) is 43.4 Å². The number of carbonyl (C=O) groups excluding carboxylic acids is 1. The van der Waals surface area contributed by atoms with Crippen LogP contribution in [0.1, 0.15) is 63.8 Å². The predicted octanol–water partition coefficient (Wildman–Crippen LogP) is 9.54. The Bertz CT molecular complexity index is 1810. The SMILES string of the molecule is CC(=O)/C=C(/C)O.[2H]c1nc(-c2[c-]c3ccccc3c(C(C)(C)C)c2)c2sc(-c3c(C)cc(C)cc3C)c(C)c2n1.[Ir]. The third-order valence-electron chi connectivity index (χ3n) is 6.81. The maximum atomic E-state index is 10.0. The molecule has 0 aliphatic carbocycles. The number of carbonyl (C=O) groups is 1. The Morgan fingerprint density at radius 1 is 1.02 bits per heavy atom. The van der Waals surface area contributed by atoms with Crippen LogP contribution in [0.3, 0.4) is 0 Å². The van der Waals surface area contributed by atoms with Crippen molar-refractivity contribution in [3.05, 3.63) is 94.5 Å². The molecule has 41 heavy (non-hydrogen) atoms. The zero-order valence-electron chi connectivity index (χ0n) is 26.1. The molecule has 0 spiro atoms. The second-order valence-electron chi connectivity index (χ2n) is 11.5. The summed E-state index contributed by atoms with van der Waals surface area (Å²) in [5, 5.41) is 10.6. The molecule has 0 unspecified atom stereocenters. The normalized spacial score (nSPS) is 12.0. The number of ketones is 1. The number of allylic oxidation sites excluding steroid dienone is 2. The molecule has 1 N–H and O–H groups in total. The van der Waals surface area contributed by atoms with E-state index >= 15 is 0 Å². The fraction of sp³-hybridized carbons (Fsp3) is 0.286. The van der Waals surface area contributed by atoms with Gasteiger partial charge in [-0.3, -0.25) is 9.78 Å². The van der Waals surface area contributed by atoms with Crippen LogP contribution in [-0.2, 0) is 30.3 Å². The topological polar surface area (TPSA) is 63.1 Å². The number of aliphatic hydroxyl groups excluding tert-OH is 1. The number of benzene rings is 3. The molecule has 4 nitrogen and oxygen atoms in total. The van der Waals surface area contributed by atoms with Gasteiger partial charge in [0.1, 0.15) is 7.67 Å². The molecule has 5 rings (SSSR count). The number of aryl methyl sites for hydroxylation is 4. The van der Waals surface area contributed by atoms with E-state index in [0.717, 1.165) is 32.4 Å². The van der Waals surface area contributed by atoms with E-state index in [1.165, 1.54) is 58.0 Å². The van der Waals surface area contributed by atoms with Gasteiger partial charge in [-0.25, -0.2) is 4.98 Å². The quantitative estimate of drug-likeness (QED) is 0.114. The van der Waals surface area contributed by atoms with E-state index in [0.29, 0.717) is 0 Å². The van der Waals surface area contributed by atoms with E-state index < -0.39 is 0 Å². The standard InChI is InChI=1S/C30H29N2S.C5H8O2.Ir/c1-17-12-18(2)25(19(3)13-17)28-20(4)26-29(33-28)27(32-16-31-26)22-14-21-10-8-9-11-23(21)24(15-22)30(5,6)7;1-4(6)3-5(2)7;/h8-13,15-16H,1-7H3;3,6H,1-2H3;/q-1;;/b;4-3-;/i16D;;. The van der Waals surface area contributed by atoms with Crippen molar-refractivity contribution in [2.75, 3.05) is 0 Å². The van der Waals surface area contributed by atoms with E-state index in [1.807, 2.05) is 0 Å². The van der Waals surface area contributed by atoms with Crippen LogP contribution < -0.4 is 0 Å². The minimum absolute atomic E-state index is 0. The van der Waals surface area contributed by atoms with Crippen LogP contribution in [0.25, 0.3) is 42.7 Å². The first-order valence-electron chi connectivity index (χ1n) is 13.9. The van der Waals surface area contributed by atoms with Crippen LogP contribution in [-0.4, -0.2) is 20.9 Å². The summed E-state index contributed by atoms with van der Waals surface area (Å²) in [4.78, 5) is 20.4. The molecule has 0 aliphatic rings. The molecular weight excluding hydrogens is 705 g/mol. The number of rotatable bonds is 3. The first-order valence-corrected chi connectivity index (χ1v) is 14.2. The number of nitrogens with zero attached hydrogens (tertiary/aromatic N) is 2. The number of aliphatic hydroxyl groups is 1. The van der Waals surface area contributed by atoms with Gasteiger partial charge in [0.05, 0.1) is 11.3 Å². The molecule has 2 heterocycles. The Hall–Kier alpha value is -3.18. The van der Waals surface area contributed by atoms with Gasteiger partial charge in [0.15, 0.2) is 5.78 Å².